The van der Waals surface area contributed by atoms with Crippen LogP contribution in [-0.2, 0) is 4.74 Å². The molecule has 0 saturated heterocycles. The Hall–Kier alpha value is -0.920. The summed E-state index contributed by atoms with van der Waals surface area (Å²) in [5.41, 5.74) is 1.31. The Kier molecular flexibility index (Phi) is 2.07. The molecule has 0 radical (unpaired) electrons. The molecule has 1 heterocycles. The van der Waals surface area contributed by atoms with Gasteiger partial charge >= 0.3 is 0 Å². The van der Waals surface area contributed by atoms with Crippen LogP contribution in [0.2, 0.25) is 0 Å². The molecule has 1 aliphatic heterocycles. The number of allylic oxidation sites excluding steroid dienone is 3. The molecule has 1 aliphatic carbocycles. The van der Waals surface area contributed by atoms with Crippen molar-refractivity contribution in [3.8, 4) is 0 Å². The van der Waals surface area contributed by atoms with Gasteiger partial charge in [0, 0.05) is 13.0 Å². The predicted octanol–water partition coefficient (Wildman–Crippen LogP) is 1.90. The van der Waals surface area contributed by atoms with Gasteiger partial charge in [-0.25, -0.2) is 0 Å². The Bertz CT molecular complexity index is 230. The topological polar surface area (TPSA) is 12.5 Å². The Labute approximate surface area is 73.5 Å². The van der Waals surface area contributed by atoms with Gasteiger partial charge in [-0.3, -0.25) is 0 Å². The highest BCUT2D eigenvalue weighted by atomic mass is 16.5. The van der Waals surface area contributed by atoms with E-state index in [2.05, 4.69) is 24.0 Å². The molecule has 0 aromatic heterocycles. The van der Waals surface area contributed by atoms with Gasteiger partial charge in [-0.1, -0.05) is 6.08 Å². The Morgan fingerprint density at radius 2 is 2.50 bits per heavy atom. The van der Waals surface area contributed by atoms with Gasteiger partial charge in [-0.15, -0.1) is 0 Å². The molecule has 0 unspecified atom stereocenters. The van der Waals surface area contributed by atoms with Crippen LogP contribution in [-0.4, -0.2) is 24.6 Å². The maximum atomic E-state index is 5.60. The first-order valence-electron chi connectivity index (χ1n) is 4.69. The minimum absolute atomic E-state index is 0.862. The van der Waals surface area contributed by atoms with Crippen LogP contribution in [0.4, 0.5) is 0 Å². The molecule has 0 bridgehead atoms. The van der Waals surface area contributed by atoms with Crippen molar-refractivity contribution in [3.63, 3.8) is 0 Å². The van der Waals surface area contributed by atoms with Crippen LogP contribution >= 0.6 is 0 Å². The van der Waals surface area contributed by atoms with Crippen molar-refractivity contribution in [2.75, 3.05) is 19.7 Å². The molecule has 66 valence electrons. The van der Waals surface area contributed by atoms with Gasteiger partial charge in [0.15, 0.2) is 0 Å². The van der Waals surface area contributed by atoms with Crippen LogP contribution in [0.5, 0.6) is 0 Å². The molecule has 0 aromatic carbocycles. The van der Waals surface area contributed by atoms with Gasteiger partial charge in [-0.2, -0.15) is 0 Å². The SMILES string of the molecule is CCN1CCOC2=C1C=CCC2. The van der Waals surface area contributed by atoms with Crippen molar-refractivity contribution >= 4 is 0 Å². The zero-order valence-electron chi connectivity index (χ0n) is 7.55. The van der Waals surface area contributed by atoms with E-state index in [0.29, 0.717) is 0 Å². The summed E-state index contributed by atoms with van der Waals surface area (Å²) in [6.45, 7) is 5.19. The summed E-state index contributed by atoms with van der Waals surface area (Å²) < 4.78 is 5.60. The Balaban J connectivity index is 2.24. The van der Waals surface area contributed by atoms with Crippen LogP contribution in [0, 0.1) is 0 Å². The van der Waals surface area contributed by atoms with Crippen LogP contribution in [0.1, 0.15) is 19.8 Å². The molecule has 2 heteroatoms. The lowest BCUT2D eigenvalue weighted by Crippen LogP contribution is -2.32. The van der Waals surface area contributed by atoms with Gasteiger partial charge in [0.05, 0.1) is 12.2 Å². The summed E-state index contributed by atoms with van der Waals surface area (Å²) in [6, 6.07) is 0. The van der Waals surface area contributed by atoms with Crippen molar-refractivity contribution in [1.29, 1.82) is 0 Å². The third-order valence-corrected chi connectivity index (χ3v) is 2.46. The Morgan fingerprint density at radius 1 is 1.58 bits per heavy atom. The fourth-order valence-electron chi connectivity index (χ4n) is 1.79. The molecule has 0 aromatic rings. The monoisotopic (exact) mass is 165 g/mol. The van der Waals surface area contributed by atoms with E-state index in [1.165, 1.54) is 11.5 Å². The van der Waals surface area contributed by atoms with Gasteiger partial charge in [-0.05, 0) is 19.4 Å². The summed E-state index contributed by atoms with van der Waals surface area (Å²) in [5, 5.41) is 0. The number of hydrogen-bond donors (Lipinski definition) is 0. The van der Waals surface area contributed by atoms with Crippen LogP contribution in [0.3, 0.4) is 0 Å². The average molecular weight is 165 g/mol. The summed E-state index contributed by atoms with van der Waals surface area (Å²) in [4.78, 5) is 2.38. The molecule has 0 spiro atoms. The highest BCUT2D eigenvalue weighted by Gasteiger charge is 2.19. The molecule has 2 nitrogen and oxygen atoms in total. The maximum absolute atomic E-state index is 5.60. The summed E-state index contributed by atoms with van der Waals surface area (Å²) in [6.07, 6.45) is 6.65. The predicted molar refractivity (Wildman–Crippen MR) is 48.6 cm³/mol. The second-order valence-electron chi connectivity index (χ2n) is 3.18. The van der Waals surface area contributed by atoms with E-state index in [4.69, 9.17) is 4.74 Å². The van der Waals surface area contributed by atoms with E-state index in [1.54, 1.807) is 0 Å². The summed E-state index contributed by atoms with van der Waals surface area (Å²) in [5.74, 6) is 1.20. The van der Waals surface area contributed by atoms with E-state index in [1.807, 2.05) is 0 Å². The number of rotatable bonds is 1. The largest absolute Gasteiger partial charge is 0.494 e. The number of ether oxygens (including phenoxy) is 1. The minimum Gasteiger partial charge on any atom is -0.494 e. The zero-order valence-corrected chi connectivity index (χ0v) is 7.55. The molecule has 0 fully saturated rings. The highest BCUT2D eigenvalue weighted by Crippen LogP contribution is 2.25. The quantitative estimate of drug-likeness (QED) is 0.588. The molecule has 12 heavy (non-hydrogen) atoms. The molecule has 0 atom stereocenters. The van der Waals surface area contributed by atoms with Gasteiger partial charge < -0.3 is 9.64 Å². The average Bonchev–Trinajstić information content (AvgIpc) is 2.17. The normalized spacial score (nSPS) is 22.2. The van der Waals surface area contributed by atoms with Crippen LogP contribution in [0.25, 0.3) is 0 Å². The Morgan fingerprint density at radius 3 is 3.33 bits per heavy atom. The lowest BCUT2D eigenvalue weighted by molar-refractivity contribution is 0.127. The van der Waals surface area contributed by atoms with Gasteiger partial charge in [0.1, 0.15) is 12.4 Å². The second-order valence-corrected chi connectivity index (χ2v) is 3.18. The van der Waals surface area contributed by atoms with Crippen molar-refractivity contribution in [2.24, 2.45) is 0 Å². The van der Waals surface area contributed by atoms with Crippen molar-refractivity contribution in [2.45, 2.75) is 19.8 Å². The smallest absolute Gasteiger partial charge is 0.120 e. The van der Waals surface area contributed by atoms with Gasteiger partial charge in [0.25, 0.3) is 0 Å². The lowest BCUT2D eigenvalue weighted by atomic mass is 10.1. The highest BCUT2D eigenvalue weighted by molar-refractivity contribution is 5.26. The maximum Gasteiger partial charge on any atom is 0.120 e. The van der Waals surface area contributed by atoms with Gasteiger partial charge in [0.2, 0.25) is 0 Å². The van der Waals surface area contributed by atoms with E-state index in [-0.39, 0.29) is 0 Å². The van der Waals surface area contributed by atoms with E-state index in [0.717, 1.165) is 32.5 Å². The first-order valence-corrected chi connectivity index (χ1v) is 4.69. The minimum atomic E-state index is 0.862. The first-order chi connectivity index (χ1) is 5.92. The second kappa shape index (κ2) is 3.21. The lowest BCUT2D eigenvalue weighted by Gasteiger charge is -2.32. The fraction of sp³-hybridized carbons (Fsp3) is 0.600. The standard InChI is InChI=1S/C10H15NO/c1-2-11-7-8-12-10-6-4-3-5-9(10)11/h3,5H,2,4,6-8H2,1H3. The molecule has 0 amide bonds. The zero-order chi connectivity index (χ0) is 8.39. The molecular formula is C10H15NO. The first kappa shape index (κ1) is 7.71. The summed E-state index contributed by atoms with van der Waals surface area (Å²) in [7, 11) is 0. The van der Waals surface area contributed by atoms with E-state index >= 15 is 0 Å². The summed E-state index contributed by atoms with van der Waals surface area (Å²) >= 11 is 0. The van der Waals surface area contributed by atoms with E-state index in [9.17, 15) is 0 Å². The van der Waals surface area contributed by atoms with Crippen LogP contribution in [0.15, 0.2) is 23.6 Å². The molecule has 0 N–H and O–H groups in total. The fourth-order valence-corrected chi connectivity index (χ4v) is 1.79. The number of nitrogens with zero attached hydrogens (tertiary/aromatic N) is 1. The third-order valence-electron chi connectivity index (χ3n) is 2.46. The van der Waals surface area contributed by atoms with Crippen LogP contribution < -0.4 is 0 Å². The van der Waals surface area contributed by atoms with Crippen molar-refractivity contribution in [1.82, 2.24) is 4.90 Å². The molecule has 2 rings (SSSR count). The number of likely N-dealkylation sites (N-methyl/N-ethyl adjacent to an activating group) is 1. The number of hydrogen-bond acceptors (Lipinski definition) is 2. The van der Waals surface area contributed by atoms with Crippen molar-refractivity contribution in [3.05, 3.63) is 23.6 Å². The molecular weight excluding hydrogens is 150 g/mol. The van der Waals surface area contributed by atoms with Crippen molar-refractivity contribution < 1.29 is 4.74 Å². The van der Waals surface area contributed by atoms with E-state index < -0.39 is 0 Å². The third kappa shape index (κ3) is 1.22. The molecule has 2 aliphatic rings. The molecule has 0 saturated carbocycles.